The molecule has 0 aliphatic heterocycles. The van der Waals surface area contributed by atoms with Crippen molar-refractivity contribution in [1.82, 2.24) is 4.98 Å². The Balaban J connectivity index is 1.87. The molecule has 0 fully saturated rings. The van der Waals surface area contributed by atoms with Gasteiger partial charge in [0.15, 0.2) is 6.10 Å². The predicted octanol–water partition coefficient (Wildman–Crippen LogP) is 5.30. The fourth-order valence-corrected chi connectivity index (χ4v) is 4.17. The number of pyridine rings is 1. The largest absolute Gasteiger partial charge is 0.439 e. The quantitative estimate of drug-likeness (QED) is 0.300. The molecule has 3 N–H and O–H groups in total. The lowest BCUT2D eigenvalue weighted by Gasteiger charge is -2.31. The lowest BCUT2D eigenvalue weighted by Crippen LogP contribution is -2.31. The standard InChI is InChI=1S/C26H25N3O3/c30-26(19-11-3-1-4-12-19)24(22-16-9-10-18-27-22)25(28-20-13-5-2-6-14-20)21-15-7-8-17-23(21)29(31)32/h2-3,5-18,24-26,28,30H,1,4H2/p+1/t24-,25+,26-/m0/s1. The SMILES string of the molecule is O=[N+]([O-])c1ccccc1[C@@H](Nc1ccccc1)[C@H](c1ccccn1)[C@@H]([OH2+])C1=CCCC=C1. The smallest absolute Gasteiger partial charge is 0.274 e. The molecule has 32 heavy (non-hydrogen) atoms. The fraction of sp³-hybridized carbons (Fsp3) is 0.192. The average Bonchev–Trinajstić information content (AvgIpc) is 2.85. The Kier molecular flexibility index (Phi) is 6.72. The van der Waals surface area contributed by atoms with Crippen LogP contribution >= 0.6 is 0 Å². The van der Waals surface area contributed by atoms with Gasteiger partial charge in [0.25, 0.3) is 5.69 Å². The fourth-order valence-electron chi connectivity index (χ4n) is 4.17. The maximum absolute atomic E-state index is 11.9. The summed E-state index contributed by atoms with van der Waals surface area (Å²) in [5.41, 5.74) is 3.03. The Morgan fingerprint density at radius 2 is 1.72 bits per heavy atom. The van der Waals surface area contributed by atoms with Gasteiger partial charge >= 0.3 is 0 Å². The van der Waals surface area contributed by atoms with Gasteiger partial charge in [-0.15, -0.1) is 0 Å². The first-order valence-corrected chi connectivity index (χ1v) is 10.7. The van der Waals surface area contributed by atoms with Crippen LogP contribution in [0.3, 0.4) is 0 Å². The van der Waals surface area contributed by atoms with E-state index < -0.39 is 18.1 Å². The number of para-hydroxylation sites is 2. The van der Waals surface area contributed by atoms with E-state index in [1.54, 1.807) is 24.4 Å². The van der Waals surface area contributed by atoms with Crippen molar-refractivity contribution in [3.05, 3.63) is 124 Å². The van der Waals surface area contributed by atoms with Crippen molar-refractivity contribution >= 4 is 11.4 Å². The summed E-state index contributed by atoms with van der Waals surface area (Å²) in [4.78, 5) is 16.1. The normalized spacial score (nSPS) is 16.0. The Hall–Kier alpha value is -3.77. The maximum atomic E-state index is 11.9. The number of hydrogen-bond donors (Lipinski definition) is 1. The van der Waals surface area contributed by atoms with Gasteiger partial charge in [-0.3, -0.25) is 15.1 Å². The van der Waals surface area contributed by atoms with Gasteiger partial charge in [0, 0.05) is 23.5 Å². The van der Waals surface area contributed by atoms with Gasteiger partial charge in [-0.25, -0.2) is 0 Å². The van der Waals surface area contributed by atoms with Crippen LogP contribution in [0.5, 0.6) is 0 Å². The predicted molar refractivity (Wildman–Crippen MR) is 127 cm³/mol. The molecule has 6 nitrogen and oxygen atoms in total. The molecule has 1 heterocycles. The highest BCUT2D eigenvalue weighted by Gasteiger charge is 2.39. The van der Waals surface area contributed by atoms with E-state index in [4.69, 9.17) is 0 Å². The highest BCUT2D eigenvalue weighted by molar-refractivity contribution is 5.52. The Morgan fingerprint density at radius 3 is 2.41 bits per heavy atom. The van der Waals surface area contributed by atoms with Crippen LogP contribution < -0.4 is 5.32 Å². The zero-order valence-corrected chi connectivity index (χ0v) is 17.6. The van der Waals surface area contributed by atoms with Crippen molar-refractivity contribution in [2.24, 2.45) is 0 Å². The highest BCUT2D eigenvalue weighted by Crippen LogP contribution is 2.41. The molecule has 2 aromatic carbocycles. The third-order valence-corrected chi connectivity index (χ3v) is 5.69. The second-order valence-electron chi connectivity index (χ2n) is 7.75. The first kappa shape index (κ1) is 21.5. The van der Waals surface area contributed by atoms with Crippen molar-refractivity contribution < 1.29 is 10.0 Å². The molecule has 0 unspecified atom stereocenters. The number of aromatic nitrogens is 1. The van der Waals surface area contributed by atoms with E-state index in [0.29, 0.717) is 5.56 Å². The van der Waals surface area contributed by atoms with E-state index in [1.165, 1.54) is 6.07 Å². The van der Waals surface area contributed by atoms with Gasteiger partial charge in [0.1, 0.15) is 5.92 Å². The topological polar surface area (TPSA) is 91.0 Å². The average molecular weight is 429 g/mol. The molecule has 0 saturated carbocycles. The number of nitrogens with zero attached hydrogens (tertiary/aromatic N) is 2. The number of allylic oxidation sites excluding steroid dienone is 2. The molecule has 1 aliphatic carbocycles. The van der Waals surface area contributed by atoms with Gasteiger partial charge in [-0.1, -0.05) is 60.7 Å². The summed E-state index contributed by atoms with van der Waals surface area (Å²) in [7, 11) is 0. The van der Waals surface area contributed by atoms with Crippen molar-refractivity contribution in [2.45, 2.75) is 30.9 Å². The Morgan fingerprint density at radius 1 is 0.969 bits per heavy atom. The van der Waals surface area contributed by atoms with Gasteiger partial charge in [-0.05, 0) is 37.1 Å². The first-order chi connectivity index (χ1) is 15.6. The Bertz CT molecular complexity index is 1110. The van der Waals surface area contributed by atoms with E-state index in [1.807, 2.05) is 54.6 Å². The van der Waals surface area contributed by atoms with Crippen LogP contribution in [0.25, 0.3) is 0 Å². The van der Waals surface area contributed by atoms with E-state index in [9.17, 15) is 15.2 Å². The number of nitrogens with one attached hydrogen (secondary N) is 1. The van der Waals surface area contributed by atoms with Crippen molar-refractivity contribution in [2.75, 3.05) is 5.32 Å². The first-order valence-electron chi connectivity index (χ1n) is 10.7. The number of anilines is 1. The summed E-state index contributed by atoms with van der Waals surface area (Å²) in [6.07, 6.45) is 9.07. The maximum Gasteiger partial charge on any atom is 0.274 e. The Labute approximate surface area is 187 Å². The molecule has 3 atom stereocenters. The summed E-state index contributed by atoms with van der Waals surface area (Å²) in [6.45, 7) is 0. The number of nitro benzene ring substituents is 1. The van der Waals surface area contributed by atoms with Crippen LogP contribution in [-0.4, -0.2) is 21.1 Å². The molecule has 0 saturated heterocycles. The molecule has 0 spiro atoms. The molecule has 0 radical (unpaired) electrons. The highest BCUT2D eigenvalue weighted by atomic mass is 16.6. The van der Waals surface area contributed by atoms with Crippen LogP contribution in [-0.2, 0) is 0 Å². The minimum atomic E-state index is -0.650. The summed E-state index contributed by atoms with van der Waals surface area (Å²) in [6, 6.07) is 21.5. The number of benzene rings is 2. The second kappa shape index (κ2) is 10.0. The minimum Gasteiger partial charge on any atom is -0.439 e. The second-order valence-corrected chi connectivity index (χ2v) is 7.75. The number of nitro groups is 1. The molecule has 162 valence electrons. The van der Waals surface area contributed by atoms with Crippen molar-refractivity contribution in [3.63, 3.8) is 0 Å². The lowest BCUT2D eigenvalue weighted by molar-refractivity contribution is -0.385. The summed E-state index contributed by atoms with van der Waals surface area (Å²) in [5, 5.41) is 24.6. The van der Waals surface area contributed by atoms with Crippen LogP contribution in [0.4, 0.5) is 11.4 Å². The molecule has 0 bridgehead atoms. The van der Waals surface area contributed by atoms with Gasteiger partial charge in [-0.2, -0.15) is 0 Å². The van der Waals surface area contributed by atoms with Gasteiger partial charge in [0.05, 0.1) is 22.2 Å². The molecule has 4 rings (SSSR count). The summed E-state index contributed by atoms with van der Waals surface area (Å²) < 4.78 is 0. The minimum absolute atomic E-state index is 0.0298. The van der Waals surface area contributed by atoms with Crippen molar-refractivity contribution in [1.29, 1.82) is 0 Å². The van der Waals surface area contributed by atoms with Gasteiger partial charge in [0.2, 0.25) is 0 Å². The van der Waals surface area contributed by atoms with E-state index in [0.717, 1.165) is 29.8 Å². The number of rotatable bonds is 8. The molecule has 6 heteroatoms. The van der Waals surface area contributed by atoms with E-state index >= 15 is 0 Å². The zero-order chi connectivity index (χ0) is 22.3. The molecule has 1 aliphatic rings. The lowest BCUT2D eigenvalue weighted by atomic mass is 9.81. The molecule has 3 aromatic rings. The van der Waals surface area contributed by atoms with E-state index in [2.05, 4.69) is 22.5 Å². The van der Waals surface area contributed by atoms with Crippen LogP contribution in [0.2, 0.25) is 0 Å². The third-order valence-electron chi connectivity index (χ3n) is 5.69. The van der Waals surface area contributed by atoms with Gasteiger partial charge < -0.3 is 10.4 Å². The molecular formula is C26H26N3O3+. The molecule has 1 aromatic heterocycles. The third kappa shape index (κ3) is 4.76. The van der Waals surface area contributed by atoms with Crippen LogP contribution in [0.15, 0.2) is 103 Å². The zero-order valence-electron chi connectivity index (χ0n) is 17.6. The van der Waals surface area contributed by atoms with Crippen LogP contribution in [0, 0.1) is 10.1 Å². The molecular weight excluding hydrogens is 402 g/mol. The summed E-state index contributed by atoms with van der Waals surface area (Å²) >= 11 is 0. The van der Waals surface area contributed by atoms with E-state index in [-0.39, 0.29) is 10.6 Å². The number of hydrogen-bond acceptors (Lipinski definition) is 4. The summed E-state index contributed by atoms with van der Waals surface area (Å²) in [5.74, 6) is -0.452. The van der Waals surface area contributed by atoms with Crippen LogP contribution in [0.1, 0.15) is 36.1 Å². The molecule has 0 amide bonds. The van der Waals surface area contributed by atoms with Crippen molar-refractivity contribution in [3.8, 4) is 0 Å². The monoisotopic (exact) mass is 428 g/mol.